The predicted molar refractivity (Wildman–Crippen MR) is 90.8 cm³/mol. The van der Waals surface area contributed by atoms with Gasteiger partial charge < -0.3 is 10.2 Å². The number of carbonyl (C=O) groups is 2. The van der Waals surface area contributed by atoms with Gasteiger partial charge in [0.1, 0.15) is 0 Å². The molecule has 2 rings (SSSR count). The van der Waals surface area contributed by atoms with E-state index >= 15 is 0 Å². The van der Waals surface area contributed by atoms with Crippen LogP contribution in [-0.4, -0.2) is 42.1 Å². The van der Waals surface area contributed by atoms with Gasteiger partial charge in [-0.1, -0.05) is 29.8 Å². The summed E-state index contributed by atoms with van der Waals surface area (Å²) in [7, 11) is 0. The van der Waals surface area contributed by atoms with E-state index in [9.17, 15) is 9.59 Å². The number of nitrogens with zero attached hydrogens (tertiary/aromatic N) is 1. The third kappa shape index (κ3) is 5.72. The molecule has 2 amide bonds. The molecule has 1 N–H and O–H groups in total. The molecule has 4 nitrogen and oxygen atoms in total. The summed E-state index contributed by atoms with van der Waals surface area (Å²) in [5.74, 6) is 1.43. The van der Waals surface area contributed by atoms with Crippen LogP contribution in [0, 0.1) is 6.92 Å². The summed E-state index contributed by atoms with van der Waals surface area (Å²) >= 11 is 1.60. The molecule has 0 aliphatic carbocycles. The third-order valence-electron chi connectivity index (χ3n) is 3.74. The number of rotatable bonds is 7. The van der Waals surface area contributed by atoms with Crippen LogP contribution in [0.15, 0.2) is 24.3 Å². The predicted octanol–water partition coefficient (Wildman–Crippen LogP) is 2.36. The van der Waals surface area contributed by atoms with E-state index in [1.165, 1.54) is 11.1 Å². The highest BCUT2D eigenvalue weighted by Gasteiger charge is 2.17. The zero-order chi connectivity index (χ0) is 15.8. The van der Waals surface area contributed by atoms with Gasteiger partial charge in [-0.15, -0.1) is 11.8 Å². The van der Waals surface area contributed by atoms with Crippen LogP contribution in [0.3, 0.4) is 0 Å². The summed E-state index contributed by atoms with van der Waals surface area (Å²) < 4.78 is 0. The number of likely N-dealkylation sites (tertiary alicyclic amines) is 1. The molecule has 1 aromatic carbocycles. The summed E-state index contributed by atoms with van der Waals surface area (Å²) in [6, 6.07) is 8.35. The fourth-order valence-electron chi connectivity index (χ4n) is 2.43. The van der Waals surface area contributed by atoms with Gasteiger partial charge in [0.2, 0.25) is 11.8 Å². The highest BCUT2D eigenvalue weighted by molar-refractivity contribution is 7.99. The first-order valence-corrected chi connectivity index (χ1v) is 8.98. The maximum Gasteiger partial charge on any atom is 0.230 e. The van der Waals surface area contributed by atoms with Gasteiger partial charge in [0, 0.05) is 31.8 Å². The highest BCUT2D eigenvalue weighted by Crippen LogP contribution is 2.12. The highest BCUT2D eigenvalue weighted by atomic mass is 32.2. The van der Waals surface area contributed by atoms with E-state index < -0.39 is 0 Å². The Hall–Kier alpha value is -1.49. The van der Waals surface area contributed by atoms with E-state index in [0.29, 0.717) is 18.7 Å². The molecule has 0 spiro atoms. The number of hydrogen-bond donors (Lipinski definition) is 1. The SMILES string of the molecule is Cc1ccc(CSCC(=O)NCCC(=O)N2CCCC2)cc1. The lowest BCUT2D eigenvalue weighted by Gasteiger charge is -2.15. The molecule has 22 heavy (non-hydrogen) atoms. The minimum Gasteiger partial charge on any atom is -0.355 e. The first-order valence-electron chi connectivity index (χ1n) is 7.83. The second kappa shape index (κ2) is 8.83. The lowest BCUT2D eigenvalue weighted by atomic mass is 10.2. The van der Waals surface area contributed by atoms with Gasteiger partial charge in [0.05, 0.1) is 5.75 Å². The molecule has 0 bridgehead atoms. The summed E-state index contributed by atoms with van der Waals surface area (Å²) in [6.07, 6.45) is 2.62. The number of benzene rings is 1. The molecule has 0 saturated carbocycles. The Balaban J connectivity index is 1.55. The van der Waals surface area contributed by atoms with Gasteiger partial charge >= 0.3 is 0 Å². The molecular weight excluding hydrogens is 296 g/mol. The molecular formula is C17H24N2O2S. The van der Waals surface area contributed by atoms with Crippen molar-refractivity contribution in [2.75, 3.05) is 25.4 Å². The second-order valence-corrected chi connectivity index (χ2v) is 6.65. The van der Waals surface area contributed by atoms with Gasteiger partial charge in [-0.05, 0) is 25.3 Å². The fourth-order valence-corrected chi connectivity index (χ4v) is 3.25. The van der Waals surface area contributed by atoms with Crippen LogP contribution in [0.25, 0.3) is 0 Å². The number of aryl methyl sites for hydroxylation is 1. The number of amides is 2. The molecule has 0 aromatic heterocycles. The molecule has 1 saturated heterocycles. The Morgan fingerprint density at radius 1 is 1.18 bits per heavy atom. The van der Waals surface area contributed by atoms with E-state index in [1.54, 1.807) is 11.8 Å². The fraction of sp³-hybridized carbons (Fsp3) is 0.529. The van der Waals surface area contributed by atoms with Crippen molar-refractivity contribution in [3.05, 3.63) is 35.4 Å². The molecule has 0 radical (unpaired) electrons. The Morgan fingerprint density at radius 3 is 2.55 bits per heavy atom. The van der Waals surface area contributed by atoms with Crippen molar-refractivity contribution < 1.29 is 9.59 Å². The zero-order valence-corrected chi connectivity index (χ0v) is 14.0. The van der Waals surface area contributed by atoms with Gasteiger partial charge in [-0.3, -0.25) is 9.59 Å². The summed E-state index contributed by atoms with van der Waals surface area (Å²) in [4.78, 5) is 25.4. The van der Waals surface area contributed by atoms with Crippen LogP contribution < -0.4 is 5.32 Å². The van der Waals surface area contributed by atoms with Crippen molar-refractivity contribution in [1.29, 1.82) is 0 Å². The molecule has 1 heterocycles. The Morgan fingerprint density at radius 2 is 1.86 bits per heavy atom. The topological polar surface area (TPSA) is 49.4 Å². The van der Waals surface area contributed by atoms with Crippen LogP contribution in [0.1, 0.15) is 30.4 Å². The summed E-state index contributed by atoms with van der Waals surface area (Å²) in [5.41, 5.74) is 2.47. The largest absolute Gasteiger partial charge is 0.355 e. The molecule has 0 unspecified atom stereocenters. The summed E-state index contributed by atoms with van der Waals surface area (Å²) in [5, 5.41) is 2.83. The van der Waals surface area contributed by atoms with Crippen LogP contribution >= 0.6 is 11.8 Å². The van der Waals surface area contributed by atoms with Gasteiger partial charge in [0.15, 0.2) is 0 Å². The average Bonchev–Trinajstić information content (AvgIpc) is 3.03. The smallest absolute Gasteiger partial charge is 0.230 e. The van der Waals surface area contributed by atoms with Gasteiger partial charge in [0.25, 0.3) is 0 Å². The van der Waals surface area contributed by atoms with Crippen molar-refractivity contribution in [2.45, 2.75) is 31.9 Å². The van der Waals surface area contributed by atoms with E-state index in [2.05, 4.69) is 36.5 Å². The molecule has 0 atom stereocenters. The minimum absolute atomic E-state index is 0.00586. The maximum absolute atomic E-state index is 11.8. The quantitative estimate of drug-likeness (QED) is 0.839. The van der Waals surface area contributed by atoms with E-state index in [-0.39, 0.29) is 11.8 Å². The first kappa shape index (κ1) is 16.9. The minimum atomic E-state index is 0.00586. The van der Waals surface area contributed by atoms with Crippen molar-refractivity contribution in [3.8, 4) is 0 Å². The van der Waals surface area contributed by atoms with Crippen LogP contribution in [0.2, 0.25) is 0 Å². The van der Waals surface area contributed by atoms with Crippen LogP contribution in [0.5, 0.6) is 0 Å². The standard InChI is InChI=1S/C17H24N2O2S/c1-14-4-6-15(7-5-14)12-22-13-16(20)18-9-8-17(21)19-10-2-3-11-19/h4-7H,2-3,8-13H2,1H3,(H,18,20). The lowest BCUT2D eigenvalue weighted by molar-refractivity contribution is -0.130. The van der Waals surface area contributed by atoms with Crippen LogP contribution in [0.4, 0.5) is 0 Å². The lowest BCUT2D eigenvalue weighted by Crippen LogP contribution is -2.33. The van der Waals surface area contributed by atoms with Crippen LogP contribution in [-0.2, 0) is 15.3 Å². The normalized spacial score (nSPS) is 14.1. The zero-order valence-electron chi connectivity index (χ0n) is 13.1. The Bertz CT molecular complexity index is 496. The van der Waals surface area contributed by atoms with Gasteiger partial charge in [-0.2, -0.15) is 0 Å². The molecule has 1 aliphatic rings. The summed E-state index contributed by atoms with van der Waals surface area (Å²) in [6.45, 7) is 4.26. The molecule has 1 aromatic rings. The second-order valence-electron chi connectivity index (χ2n) is 5.67. The molecule has 1 fully saturated rings. The van der Waals surface area contributed by atoms with Gasteiger partial charge in [-0.25, -0.2) is 0 Å². The average molecular weight is 320 g/mol. The number of nitrogens with one attached hydrogen (secondary N) is 1. The molecule has 5 heteroatoms. The Labute approximate surface area is 136 Å². The van der Waals surface area contributed by atoms with Crippen molar-refractivity contribution in [1.82, 2.24) is 10.2 Å². The van der Waals surface area contributed by atoms with E-state index in [4.69, 9.17) is 0 Å². The van der Waals surface area contributed by atoms with Crippen molar-refractivity contribution in [3.63, 3.8) is 0 Å². The molecule has 120 valence electrons. The van der Waals surface area contributed by atoms with E-state index in [1.807, 2.05) is 4.90 Å². The third-order valence-corrected chi connectivity index (χ3v) is 4.75. The Kier molecular flexibility index (Phi) is 6.77. The monoisotopic (exact) mass is 320 g/mol. The number of hydrogen-bond acceptors (Lipinski definition) is 3. The number of thioether (sulfide) groups is 1. The maximum atomic E-state index is 11.8. The van der Waals surface area contributed by atoms with Crippen molar-refractivity contribution in [2.24, 2.45) is 0 Å². The van der Waals surface area contributed by atoms with Crippen molar-refractivity contribution >= 4 is 23.6 Å². The molecule has 1 aliphatic heterocycles. The number of carbonyl (C=O) groups excluding carboxylic acids is 2. The first-order chi connectivity index (χ1) is 10.6. The van der Waals surface area contributed by atoms with E-state index in [0.717, 1.165) is 31.7 Å².